The normalized spacial score (nSPS) is 28.4. The zero-order valence-corrected chi connectivity index (χ0v) is 19.7. The molecular formula is C17H24ClN3O10P2. The number of nitrogens with zero attached hydrogens (tertiary/aromatic N) is 3. The van der Waals surface area contributed by atoms with Gasteiger partial charge in [0.1, 0.15) is 24.4 Å². The third kappa shape index (κ3) is 5.76. The lowest BCUT2D eigenvalue weighted by Gasteiger charge is -2.18. The van der Waals surface area contributed by atoms with Crippen LogP contribution in [0.2, 0.25) is 5.15 Å². The van der Waals surface area contributed by atoms with E-state index in [0.29, 0.717) is 11.4 Å². The fourth-order valence-electron chi connectivity index (χ4n) is 3.99. The summed E-state index contributed by atoms with van der Waals surface area (Å²) in [4.78, 5) is 31.7. The smallest absolute Gasteiger partial charge is 0.340 e. The molecule has 2 fully saturated rings. The van der Waals surface area contributed by atoms with E-state index in [9.17, 15) is 24.2 Å². The number of imidazole rings is 1. The Labute approximate surface area is 193 Å². The molecule has 2 aliphatic rings. The molecule has 0 bridgehead atoms. The molecule has 3 heterocycles. The van der Waals surface area contributed by atoms with E-state index in [1.165, 1.54) is 10.7 Å². The van der Waals surface area contributed by atoms with E-state index in [1.54, 1.807) is 6.07 Å². The van der Waals surface area contributed by atoms with Gasteiger partial charge in [0.2, 0.25) is 0 Å². The van der Waals surface area contributed by atoms with Crippen molar-refractivity contribution in [1.82, 2.24) is 14.6 Å². The van der Waals surface area contributed by atoms with E-state index in [2.05, 4.69) is 10.1 Å². The van der Waals surface area contributed by atoms with Crippen LogP contribution in [0.4, 0.5) is 0 Å². The first-order valence-corrected chi connectivity index (χ1v) is 14.1. The Hall–Kier alpha value is -1.11. The highest BCUT2D eigenvalue weighted by atomic mass is 35.5. The molecule has 5 N–H and O–H groups in total. The number of halogens is 1. The summed E-state index contributed by atoms with van der Waals surface area (Å²) >= 11 is 6.16. The van der Waals surface area contributed by atoms with E-state index in [1.807, 2.05) is 0 Å². The van der Waals surface area contributed by atoms with Crippen LogP contribution in [0.1, 0.15) is 37.5 Å². The van der Waals surface area contributed by atoms with E-state index >= 15 is 0 Å². The first-order chi connectivity index (χ1) is 15.4. The number of ether oxygens (including phenoxy) is 2. The molecule has 0 radical (unpaired) electrons. The zero-order chi connectivity index (χ0) is 24.0. The maximum Gasteiger partial charge on any atom is 0.340 e. The lowest BCUT2D eigenvalue weighted by atomic mass is 10.1. The van der Waals surface area contributed by atoms with Crippen LogP contribution in [0, 0.1) is 0 Å². The van der Waals surface area contributed by atoms with Crippen molar-refractivity contribution < 1.29 is 48.0 Å². The summed E-state index contributed by atoms with van der Waals surface area (Å²) in [6.07, 6.45) is -0.0304. The quantitative estimate of drug-likeness (QED) is 0.308. The summed E-state index contributed by atoms with van der Waals surface area (Å²) in [6, 6.07) is 1.54. The van der Waals surface area contributed by atoms with Gasteiger partial charge in [0, 0.05) is 6.07 Å². The number of aromatic nitrogens is 3. The Morgan fingerprint density at radius 1 is 1.18 bits per heavy atom. The number of aliphatic hydroxyl groups excluding tert-OH is 2. The molecule has 184 valence electrons. The Morgan fingerprint density at radius 2 is 1.88 bits per heavy atom. The first-order valence-electron chi connectivity index (χ1n) is 10.2. The van der Waals surface area contributed by atoms with E-state index in [4.69, 9.17) is 35.4 Å². The average Bonchev–Trinajstić information content (AvgIpc) is 3.40. The van der Waals surface area contributed by atoms with Gasteiger partial charge >= 0.3 is 15.2 Å². The molecule has 2 aromatic rings. The van der Waals surface area contributed by atoms with Gasteiger partial charge in [-0.2, -0.15) is 5.10 Å². The second-order valence-corrected chi connectivity index (χ2v) is 12.5. The van der Waals surface area contributed by atoms with Gasteiger partial charge in [-0.3, -0.25) is 9.13 Å². The topological polar surface area (TPSA) is 193 Å². The highest BCUT2D eigenvalue weighted by Crippen LogP contribution is 2.55. The fourth-order valence-corrected chi connectivity index (χ4v) is 6.73. The molecule has 0 aromatic carbocycles. The molecular weight excluding hydrogens is 504 g/mol. The van der Waals surface area contributed by atoms with Crippen molar-refractivity contribution in [1.29, 1.82) is 0 Å². The zero-order valence-electron chi connectivity index (χ0n) is 17.2. The Kier molecular flexibility index (Phi) is 7.20. The molecule has 1 aliphatic heterocycles. The summed E-state index contributed by atoms with van der Waals surface area (Å²) in [6.45, 7) is -0.691. The predicted molar refractivity (Wildman–Crippen MR) is 113 cm³/mol. The maximum absolute atomic E-state index is 11.9. The number of aliphatic hydroxyl groups is 2. The van der Waals surface area contributed by atoms with Crippen molar-refractivity contribution in [3.8, 4) is 5.75 Å². The standard InChI is InChI=1S/C17H24ClN3O10P2/c18-13-5-11(30-9-3-1-2-4-9)17-19-6-10(21(17)20-13)16-15(23)14(22)12(31-16)7-29-33(27,28)8-32(24,25)26/h5-6,9,12,14-16,22-23H,1-4,7-8H2,(H,27,28)(H2,24,25,26)/t12-,14-,15-,16?/m1/s1. The summed E-state index contributed by atoms with van der Waals surface area (Å²) < 4.78 is 40.6. The number of hydrogen-bond acceptors (Lipinski definition) is 9. The van der Waals surface area contributed by atoms with Crippen LogP contribution < -0.4 is 4.74 Å². The second kappa shape index (κ2) is 9.50. The summed E-state index contributed by atoms with van der Waals surface area (Å²) in [7, 11) is -9.47. The van der Waals surface area contributed by atoms with Crippen molar-refractivity contribution >= 4 is 32.4 Å². The van der Waals surface area contributed by atoms with Gasteiger partial charge in [-0.05, 0) is 25.7 Å². The molecule has 4 rings (SSSR count). The summed E-state index contributed by atoms with van der Waals surface area (Å²) in [5.41, 5.74) is 0.591. The molecule has 0 amide bonds. The highest BCUT2D eigenvalue weighted by molar-refractivity contribution is 7.70. The number of hydrogen-bond donors (Lipinski definition) is 5. The van der Waals surface area contributed by atoms with Gasteiger partial charge < -0.3 is 38.9 Å². The van der Waals surface area contributed by atoms with E-state index in [0.717, 1.165) is 25.7 Å². The highest BCUT2D eigenvalue weighted by Gasteiger charge is 2.46. The lowest BCUT2D eigenvalue weighted by molar-refractivity contribution is -0.0204. The molecule has 5 atom stereocenters. The molecule has 2 unspecified atom stereocenters. The molecule has 2 aromatic heterocycles. The van der Waals surface area contributed by atoms with Crippen LogP contribution in [-0.2, 0) is 18.4 Å². The van der Waals surface area contributed by atoms with Crippen LogP contribution in [0.15, 0.2) is 12.3 Å². The monoisotopic (exact) mass is 527 g/mol. The van der Waals surface area contributed by atoms with Gasteiger partial charge in [0.05, 0.1) is 24.6 Å². The largest absolute Gasteiger partial charge is 0.486 e. The fraction of sp³-hybridized carbons (Fsp3) is 0.647. The molecule has 13 nitrogen and oxygen atoms in total. The van der Waals surface area contributed by atoms with Crippen LogP contribution in [-0.4, -0.2) is 76.4 Å². The van der Waals surface area contributed by atoms with Crippen molar-refractivity contribution in [2.24, 2.45) is 0 Å². The Balaban J connectivity index is 1.53. The SMILES string of the molecule is O=P(O)(O)CP(=O)(O)OC[C@H]1OC(c2cnc3c(OC4CCCC4)cc(Cl)nn23)[C@H](O)[C@@H]1O. The van der Waals surface area contributed by atoms with Gasteiger partial charge in [-0.1, -0.05) is 11.6 Å². The second-order valence-electron chi connectivity index (χ2n) is 8.09. The van der Waals surface area contributed by atoms with Gasteiger partial charge in [-0.15, -0.1) is 0 Å². The molecule has 1 saturated heterocycles. The lowest BCUT2D eigenvalue weighted by Crippen LogP contribution is -2.33. The minimum absolute atomic E-state index is 0.0337. The summed E-state index contributed by atoms with van der Waals surface area (Å²) in [5.74, 6) is -0.964. The minimum Gasteiger partial charge on any atom is -0.486 e. The average molecular weight is 528 g/mol. The Morgan fingerprint density at radius 3 is 2.55 bits per heavy atom. The third-order valence-electron chi connectivity index (χ3n) is 5.48. The van der Waals surface area contributed by atoms with Crippen molar-refractivity contribution in [3.05, 3.63) is 23.1 Å². The molecule has 1 saturated carbocycles. The van der Waals surface area contributed by atoms with E-state index in [-0.39, 0.29) is 17.0 Å². The van der Waals surface area contributed by atoms with Gasteiger partial charge in [0.15, 0.2) is 22.5 Å². The summed E-state index contributed by atoms with van der Waals surface area (Å²) in [5, 5.41) is 25.2. The molecule has 0 spiro atoms. The molecule has 16 heteroatoms. The van der Waals surface area contributed by atoms with Gasteiger partial charge in [-0.25, -0.2) is 9.50 Å². The first kappa shape index (κ1) is 25.0. The van der Waals surface area contributed by atoms with Crippen molar-refractivity contribution in [3.63, 3.8) is 0 Å². The number of rotatable bonds is 8. The van der Waals surface area contributed by atoms with Crippen LogP contribution in [0.25, 0.3) is 5.65 Å². The minimum atomic E-state index is -4.81. The van der Waals surface area contributed by atoms with Crippen LogP contribution in [0.5, 0.6) is 5.75 Å². The third-order valence-corrected chi connectivity index (χ3v) is 9.12. The van der Waals surface area contributed by atoms with Crippen LogP contribution in [0.3, 0.4) is 0 Å². The maximum atomic E-state index is 11.9. The molecule has 1 aliphatic carbocycles. The molecule has 33 heavy (non-hydrogen) atoms. The van der Waals surface area contributed by atoms with Crippen LogP contribution >= 0.6 is 26.8 Å². The predicted octanol–water partition coefficient (Wildman–Crippen LogP) is 1.20. The van der Waals surface area contributed by atoms with Gasteiger partial charge in [0.25, 0.3) is 0 Å². The number of fused-ring (bicyclic) bond motifs is 1. The van der Waals surface area contributed by atoms with Crippen molar-refractivity contribution in [2.75, 3.05) is 12.5 Å². The Bertz CT molecular complexity index is 1100. The van der Waals surface area contributed by atoms with E-state index < -0.39 is 52.1 Å². The van der Waals surface area contributed by atoms with Crippen molar-refractivity contribution in [2.45, 2.75) is 56.2 Å².